The van der Waals surface area contributed by atoms with Crippen LogP contribution in [0.15, 0.2) is 30.3 Å². The Bertz CT molecular complexity index is 707. The van der Waals surface area contributed by atoms with Gasteiger partial charge in [0.25, 0.3) is 0 Å². The van der Waals surface area contributed by atoms with E-state index in [1.807, 2.05) is 4.68 Å². The number of piperazine rings is 1. The second-order valence-corrected chi connectivity index (χ2v) is 8.03. The van der Waals surface area contributed by atoms with Gasteiger partial charge in [-0.25, -0.2) is 4.68 Å². The van der Waals surface area contributed by atoms with Crippen LogP contribution in [0.3, 0.4) is 0 Å². The zero-order valence-corrected chi connectivity index (χ0v) is 17.0. The Hall–Kier alpha value is -1.99. The molecule has 0 amide bonds. The van der Waals surface area contributed by atoms with Gasteiger partial charge in [0, 0.05) is 18.7 Å². The first-order valence-electron chi connectivity index (χ1n) is 10.9. The SMILES string of the molecule is CCCC[C@@H](c1nnnn1C[C@@H]1CCCO1)[NH+]1CCN(c2ccccc2)CC1. The normalized spacial score (nSPS) is 21.9. The lowest BCUT2D eigenvalue weighted by molar-refractivity contribution is -0.933. The smallest absolute Gasteiger partial charge is 0.209 e. The number of hydrogen-bond donors (Lipinski definition) is 1. The van der Waals surface area contributed by atoms with Crippen molar-refractivity contribution in [1.29, 1.82) is 0 Å². The van der Waals surface area contributed by atoms with E-state index in [0.29, 0.717) is 6.04 Å². The van der Waals surface area contributed by atoms with Crippen LogP contribution in [0.25, 0.3) is 0 Å². The van der Waals surface area contributed by atoms with E-state index in [1.54, 1.807) is 4.90 Å². The molecule has 0 aliphatic carbocycles. The van der Waals surface area contributed by atoms with Gasteiger partial charge in [-0.15, -0.1) is 5.10 Å². The lowest BCUT2D eigenvalue weighted by Gasteiger charge is -2.37. The molecule has 2 aromatic rings. The fraction of sp³-hybridized carbons (Fsp3) is 0.667. The average molecular weight is 386 g/mol. The Kier molecular flexibility index (Phi) is 6.54. The van der Waals surface area contributed by atoms with Crippen molar-refractivity contribution in [2.24, 2.45) is 0 Å². The van der Waals surface area contributed by atoms with Gasteiger partial charge in [-0.3, -0.25) is 0 Å². The predicted octanol–water partition coefficient (Wildman–Crippen LogP) is 1.49. The predicted molar refractivity (Wildman–Crippen MR) is 108 cm³/mol. The van der Waals surface area contributed by atoms with E-state index in [-0.39, 0.29) is 6.10 Å². The van der Waals surface area contributed by atoms with Crippen LogP contribution in [-0.4, -0.2) is 59.1 Å². The zero-order chi connectivity index (χ0) is 19.2. The summed E-state index contributed by atoms with van der Waals surface area (Å²) >= 11 is 0. The number of benzene rings is 1. The summed E-state index contributed by atoms with van der Waals surface area (Å²) < 4.78 is 7.84. The van der Waals surface area contributed by atoms with Crippen LogP contribution >= 0.6 is 0 Å². The molecule has 0 unspecified atom stereocenters. The first kappa shape index (κ1) is 19.3. The van der Waals surface area contributed by atoms with Crippen molar-refractivity contribution < 1.29 is 9.64 Å². The molecule has 0 radical (unpaired) electrons. The summed E-state index contributed by atoms with van der Waals surface area (Å²) in [6.45, 7) is 8.31. The fourth-order valence-electron chi connectivity index (χ4n) is 4.54. The van der Waals surface area contributed by atoms with Crippen LogP contribution in [0.4, 0.5) is 5.69 Å². The van der Waals surface area contributed by atoms with Crippen molar-refractivity contribution in [3.63, 3.8) is 0 Å². The number of hydrogen-bond acceptors (Lipinski definition) is 5. The van der Waals surface area contributed by atoms with Crippen LogP contribution in [0.5, 0.6) is 0 Å². The molecular weight excluding hydrogens is 352 g/mol. The largest absolute Gasteiger partial charge is 0.376 e. The minimum Gasteiger partial charge on any atom is -0.376 e. The molecule has 7 nitrogen and oxygen atoms in total. The van der Waals surface area contributed by atoms with E-state index >= 15 is 0 Å². The first-order valence-corrected chi connectivity index (χ1v) is 10.9. The highest BCUT2D eigenvalue weighted by Gasteiger charge is 2.33. The summed E-state index contributed by atoms with van der Waals surface area (Å²) in [6.07, 6.45) is 6.08. The highest BCUT2D eigenvalue weighted by atomic mass is 16.5. The number of ether oxygens (including phenoxy) is 1. The molecule has 1 N–H and O–H groups in total. The molecule has 0 spiro atoms. The Balaban J connectivity index is 1.44. The summed E-state index contributed by atoms with van der Waals surface area (Å²) in [4.78, 5) is 4.11. The molecule has 0 saturated carbocycles. The molecule has 0 bridgehead atoms. The molecule has 2 aliphatic rings. The monoisotopic (exact) mass is 385 g/mol. The second kappa shape index (κ2) is 9.47. The summed E-state index contributed by atoms with van der Waals surface area (Å²) in [5.41, 5.74) is 1.33. The number of para-hydroxylation sites is 1. The van der Waals surface area contributed by atoms with E-state index in [2.05, 4.69) is 57.7 Å². The third-order valence-corrected chi connectivity index (χ3v) is 6.14. The lowest BCUT2D eigenvalue weighted by atomic mass is 10.1. The summed E-state index contributed by atoms with van der Waals surface area (Å²) in [5.74, 6) is 1.05. The van der Waals surface area contributed by atoms with Gasteiger partial charge in [-0.05, 0) is 41.8 Å². The molecular formula is C21H33N6O+. The molecule has 4 rings (SSSR count). The van der Waals surface area contributed by atoms with Gasteiger partial charge in [-0.2, -0.15) is 0 Å². The third-order valence-electron chi connectivity index (χ3n) is 6.14. The molecule has 7 heteroatoms. The average Bonchev–Trinajstić information content (AvgIpc) is 3.42. The molecule has 28 heavy (non-hydrogen) atoms. The van der Waals surface area contributed by atoms with Gasteiger partial charge in [0.1, 0.15) is 6.04 Å². The maximum Gasteiger partial charge on any atom is 0.209 e. The quantitative estimate of drug-likeness (QED) is 0.746. The number of anilines is 1. The Morgan fingerprint density at radius 1 is 1.21 bits per heavy atom. The van der Waals surface area contributed by atoms with Crippen molar-refractivity contribution in [3.05, 3.63) is 36.2 Å². The van der Waals surface area contributed by atoms with Crippen LogP contribution < -0.4 is 9.80 Å². The number of quaternary nitrogens is 1. The van der Waals surface area contributed by atoms with Gasteiger partial charge in [0.15, 0.2) is 0 Å². The van der Waals surface area contributed by atoms with Crippen LogP contribution in [0, 0.1) is 0 Å². The van der Waals surface area contributed by atoms with E-state index in [0.717, 1.165) is 64.4 Å². The van der Waals surface area contributed by atoms with Crippen LogP contribution in [0.2, 0.25) is 0 Å². The highest BCUT2D eigenvalue weighted by molar-refractivity contribution is 5.46. The number of unbranched alkanes of at least 4 members (excludes halogenated alkanes) is 1. The van der Waals surface area contributed by atoms with Gasteiger partial charge < -0.3 is 14.5 Å². The number of tetrazole rings is 1. The summed E-state index contributed by atoms with van der Waals surface area (Å²) in [6, 6.07) is 11.1. The number of nitrogens with one attached hydrogen (secondary N) is 1. The number of nitrogens with zero attached hydrogens (tertiary/aromatic N) is 5. The zero-order valence-electron chi connectivity index (χ0n) is 17.0. The third kappa shape index (κ3) is 4.52. The van der Waals surface area contributed by atoms with Gasteiger partial charge in [0.2, 0.25) is 5.82 Å². The number of aromatic nitrogens is 4. The van der Waals surface area contributed by atoms with Crippen molar-refractivity contribution in [2.75, 3.05) is 37.7 Å². The Labute approximate surface area is 167 Å². The molecule has 2 aliphatic heterocycles. The van der Waals surface area contributed by atoms with Crippen LogP contribution in [-0.2, 0) is 11.3 Å². The molecule has 2 fully saturated rings. The second-order valence-electron chi connectivity index (χ2n) is 8.03. The standard InChI is InChI=1S/C21H32N6O/c1-2-3-11-20(21-22-23-24-27(21)17-19-10-7-16-28-19)26-14-12-25(13-15-26)18-8-5-4-6-9-18/h4-6,8-9,19-20H,2-3,7,10-17H2,1H3/p+1/t19-,20-/m0/s1. The van der Waals surface area contributed by atoms with E-state index in [1.165, 1.54) is 18.5 Å². The Morgan fingerprint density at radius 3 is 2.75 bits per heavy atom. The maximum absolute atomic E-state index is 5.82. The molecule has 3 heterocycles. The topological polar surface area (TPSA) is 60.5 Å². The minimum atomic E-state index is 0.263. The number of rotatable bonds is 8. The molecule has 1 aromatic carbocycles. The molecule has 1 aromatic heterocycles. The first-order chi connectivity index (χ1) is 13.8. The molecule has 2 saturated heterocycles. The van der Waals surface area contributed by atoms with E-state index in [9.17, 15) is 0 Å². The maximum atomic E-state index is 5.82. The Morgan fingerprint density at radius 2 is 2.04 bits per heavy atom. The summed E-state index contributed by atoms with van der Waals surface area (Å²) in [5, 5.41) is 12.8. The van der Waals surface area contributed by atoms with Gasteiger partial charge in [-0.1, -0.05) is 31.5 Å². The van der Waals surface area contributed by atoms with Crippen molar-refractivity contribution in [2.45, 2.75) is 57.7 Å². The summed E-state index contributed by atoms with van der Waals surface area (Å²) in [7, 11) is 0. The van der Waals surface area contributed by atoms with Crippen molar-refractivity contribution in [3.8, 4) is 0 Å². The molecule has 152 valence electrons. The minimum absolute atomic E-state index is 0.263. The van der Waals surface area contributed by atoms with Crippen molar-refractivity contribution in [1.82, 2.24) is 20.2 Å². The van der Waals surface area contributed by atoms with E-state index < -0.39 is 0 Å². The van der Waals surface area contributed by atoms with Crippen molar-refractivity contribution >= 4 is 5.69 Å². The molecule has 2 atom stereocenters. The fourth-order valence-corrected chi connectivity index (χ4v) is 4.54. The van der Waals surface area contributed by atoms with Gasteiger partial charge >= 0.3 is 0 Å². The lowest BCUT2D eigenvalue weighted by Crippen LogP contribution is -3.15. The van der Waals surface area contributed by atoms with Crippen LogP contribution in [0.1, 0.15) is 50.9 Å². The van der Waals surface area contributed by atoms with E-state index in [4.69, 9.17) is 4.74 Å². The van der Waals surface area contributed by atoms with Gasteiger partial charge in [0.05, 0.1) is 38.8 Å². The highest BCUT2D eigenvalue weighted by Crippen LogP contribution is 2.19.